The molecule has 23 heavy (non-hydrogen) atoms. The van der Waals surface area contributed by atoms with Gasteiger partial charge in [-0.1, -0.05) is 48.7 Å². The van der Waals surface area contributed by atoms with Gasteiger partial charge in [0.25, 0.3) is 0 Å². The Morgan fingerprint density at radius 3 is 2.22 bits per heavy atom. The number of hydrogen-bond acceptors (Lipinski definition) is 4. The van der Waals surface area contributed by atoms with Gasteiger partial charge in [0.15, 0.2) is 6.10 Å². The summed E-state index contributed by atoms with van der Waals surface area (Å²) in [4.78, 5) is 11.9. The van der Waals surface area contributed by atoms with Crippen molar-refractivity contribution < 1.29 is 19.0 Å². The number of rotatable bonds is 8. The van der Waals surface area contributed by atoms with Crippen LogP contribution in [-0.4, -0.2) is 31.4 Å². The molecule has 0 heterocycles. The molecule has 0 saturated carbocycles. The Balaban J connectivity index is 2.50. The summed E-state index contributed by atoms with van der Waals surface area (Å²) in [6.07, 6.45) is -1.01. The SMILES string of the molecule is CC(C)COC(C)COC(=O)C(C)Oc1cc(Cl)c(Cl)cc1Cl. The van der Waals surface area contributed by atoms with Gasteiger partial charge in [-0.15, -0.1) is 0 Å². The van der Waals surface area contributed by atoms with E-state index in [-0.39, 0.29) is 23.5 Å². The van der Waals surface area contributed by atoms with Crippen molar-refractivity contribution in [3.05, 3.63) is 27.2 Å². The lowest BCUT2D eigenvalue weighted by Crippen LogP contribution is -2.29. The fraction of sp³-hybridized carbons (Fsp3) is 0.562. The fourth-order valence-corrected chi connectivity index (χ4v) is 2.14. The van der Waals surface area contributed by atoms with Gasteiger partial charge in [-0.25, -0.2) is 4.79 Å². The van der Waals surface area contributed by atoms with Crippen molar-refractivity contribution in [1.29, 1.82) is 0 Å². The Labute approximate surface area is 151 Å². The number of benzene rings is 1. The van der Waals surface area contributed by atoms with Gasteiger partial charge in [0, 0.05) is 12.7 Å². The van der Waals surface area contributed by atoms with E-state index < -0.39 is 12.1 Å². The van der Waals surface area contributed by atoms with Crippen molar-refractivity contribution in [3.8, 4) is 5.75 Å². The van der Waals surface area contributed by atoms with E-state index in [0.717, 1.165) is 0 Å². The second-order valence-electron chi connectivity index (χ2n) is 5.62. The molecule has 7 heteroatoms. The van der Waals surface area contributed by atoms with Crippen molar-refractivity contribution in [1.82, 2.24) is 0 Å². The number of carbonyl (C=O) groups excluding carboxylic acids is 1. The molecule has 0 fully saturated rings. The van der Waals surface area contributed by atoms with Crippen molar-refractivity contribution in [2.75, 3.05) is 13.2 Å². The van der Waals surface area contributed by atoms with Crippen LogP contribution in [0.2, 0.25) is 15.1 Å². The van der Waals surface area contributed by atoms with Crippen LogP contribution in [0.15, 0.2) is 12.1 Å². The molecular weight excluding hydrogens is 363 g/mol. The van der Waals surface area contributed by atoms with E-state index >= 15 is 0 Å². The van der Waals surface area contributed by atoms with E-state index in [4.69, 9.17) is 49.0 Å². The number of esters is 1. The second kappa shape index (κ2) is 9.58. The molecule has 1 aromatic carbocycles. The summed E-state index contributed by atoms with van der Waals surface area (Å²) in [5.41, 5.74) is 0. The Morgan fingerprint density at radius 2 is 1.61 bits per heavy atom. The zero-order chi connectivity index (χ0) is 17.6. The highest BCUT2D eigenvalue weighted by Crippen LogP contribution is 2.34. The predicted octanol–water partition coefficient (Wildman–Crippen LogP) is 5.02. The van der Waals surface area contributed by atoms with Gasteiger partial charge in [-0.2, -0.15) is 0 Å². The Kier molecular flexibility index (Phi) is 8.48. The normalized spacial score (nSPS) is 13.7. The number of hydrogen-bond donors (Lipinski definition) is 0. The molecule has 4 nitrogen and oxygen atoms in total. The molecule has 0 saturated heterocycles. The number of halogens is 3. The van der Waals surface area contributed by atoms with E-state index in [2.05, 4.69) is 13.8 Å². The van der Waals surface area contributed by atoms with Crippen LogP contribution < -0.4 is 4.74 Å². The molecule has 0 aliphatic carbocycles. The van der Waals surface area contributed by atoms with Crippen LogP contribution in [-0.2, 0) is 14.3 Å². The minimum atomic E-state index is -0.831. The molecule has 0 radical (unpaired) electrons. The molecule has 2 unspecified atom stereocenters. The maximum Gasteiger partial charge on any atom is 0.347 e. The molecule has 0 spiro atoms. The summed E-state index contributed by atoms with van der Waals surface area (Å²) in [5, 5.41) is 0.880. The van der Waals surface area contributed by atoms with Crippen molar-refractivity contribution in [2.45, 2.75) is 39.9 Å². The summed E-state index contributed by atoms with van der Waals surface area (Å²) >= 11 is 17.8. The third kappa shape index (κ3) is 7.17. The third-order valence-electron chi connectivity index (χ3n) is 2.78. The molecular formula is C16H21Cl3O4. The highest BCUT2D eigenvalue weighted by molar-refractivity contribution is 6.43. The Morgan fingerprint density at radius 1 is 1.00 bits per heavy atom. The zero-order valence-corrected chi connectivity index (χ0v) is 15.8. The first-order valence-electron chi connectivity index (χ1n) is 7.30. The van der Waals surface area contributed by atoms with Gasteiger partial charge >= 0.3 is 5.97 Å². The van der Waals surface area contributed by atoms with Gasteiger partial charge in [0.1, 0.15) is 12.4 Å². The summed E-state index contributed by atoms with van der Waals surface area (Å²) < 4.78 is 16.2. The number of ether oxygens (including phenoxy) is 3. The molecule has 0 aliphatic rings. The van der Waals surface area contributed by atoms with Gasteiger partial charge in [-0.05, 0) is 25.8 Å². The minimum absolute atomic E-state index is 0.161. The summed E-state index contributed by atoms with van der Waals surface area (Å²) in [6, 6.07) is 2.92. The van der Waals surface area contributed by atoms with Crippen LogP contribution in [0.4, 0.5) is 0 Å². The number of carbonyl (C=O) groups is 1. The summed E-state index contributed by atoms with van der Waals surface area (Å²) in [5.74, 6) is 0.189. The molecule has 1 rings (SSSR count). The zero-order valence-electron chi connectivity index (χ0n) is 13.6. The molecule has 130 valence electrons. The summed E-state index contributed by atoms with van der Waals surface area (Å²) in [7, 11) is 0. The first-order valence-corrected chi connectivity index (χ1v) is 8.43. The van der Waals surface area contributed by atoms with Gasteiger partial charge in [0.2, 0.25) is 0 Å². The van der Waals surface area contributed by atoms with Crippen molar-refractivity contribution in [2.24, 2.45) is 5.92 Å². The largest absolute Gasteiger partial charge is 0.477 e. The lowest BCUT2D eigenvalue weighted by molar-refractivity contribution is -0.155. The molecule has 0 aliphatic heterocycles. The van der Waals surface area contributed by atoms with Crippen molar-refractivity contribution in [3.63, 3.8) is 0 Å². The predicted molar refractivity (Wildman–Crippen MR) is 92.8 cm³/mol. The van der Waals surface area contributed by atoms with E-state index in [1.807, 2.05) is 6.92 Å². The second-order valence-corrected chi connectivity index (χ2v) is 6.85. The van der Waals surface area contributed by atoms with Crippen LogP contribution in [0.1, 0.15) is 27.7 Å². The van der Waals surface area contributed by atoms with Crippen LogP contribution in [0.3, 0.4) is 0 Å². The van der Waals surface area contributed by atoms with Crippen LogP contribution in [0.5, 0.6) is 5.75 Å². The van der Waals surface area contributed by atoms with E-state index in [0.29, 0.717) is 22.6 Å². The maximum absolute atomic E-state index is 11.9. The molecule has 0 N–H and O–H groups in total. The van der Waals surface area contributed by atoms with Crippen LogP contribution >= 0.6 is 34.8 Å². The monoisotopic (exact) mass is 382 g/mol. The van der Waals surface area contributed by atoms with Gasteiger partial charge in [0.05, 0.1) is 21.2 Å². The highest BCUT2D eigenvalue weighted by atomic mass is 35.5. The quantitative estimate of drug-likeness (QED) is 0.467. The molecule has 0 bridgehead atoms. The smallest absolute Gasteiger partial charge is 0.347 e. The highest BCUT2D eigenvalue weighted by Gasteiger charge is 2.19. The first kappa shape index (κ1) is 20.4. The lowest BCUT2D eigenvalue weighted by atomic mass is 10.2. The third-order valence-corrected chi connectivity index (χ3v) is 3.80. The average Bonchev–Trinajstić information content (AvgIpc) is 2.47. The molecule has 0 aromatic heterocycles. The molecule has 2 atom stereocenters. The standard InChI is InChI=1S/C16H21Cl3O4/c1-9(2)7-21-10(3)8-22-16(20)11(4)23-15-6-13(18)12(17)5-14(15)19/h5-6,9-11H,7-8H2,1-4H3. The summed E-state index contributed by atoms with van der Waals surface area (Å²) in [6.45, 7) is 8.29. The van der Waals surface area contributed by atoms with Gasteiger partial charge in [-0.3, -0.25) is 0 Å². The minimum Gasteiger partial charge on any atom is -0.477 e. The van der Waals surface area contributed by atoms with E-state index in [1.165, 1.54) is 12.1 Å². The first-order chi connectivity index (χ1) is 10.7. The van der Waals surface area contributed by atoms with E-state index in [9.17, 15) is 4.79 Å². The Bertz CT molecular complexity index is 534. The molecule has 0 amide bonds. The van der Waals surface area contributed by atoms with Crippen LogP contribution in [0.25, 0.3) is 0 Å². The maximum atomic E-state index is 11.9. The van der Waals surface area contributed by atoms with Crippen LogP contribution in [0, 0.1) is 5.92 Å². The topological polar surface area (TPSA) is 44.8 Å². The lowest BCUT2D eigenvalue weighted by Gasteiger charge is -2.18. The van der Waals surface area contributed by atoms with Crippen molar-refractivity contribution >= 4 is 40.8 Å². The fourth-order valence-electron chi connectivity index (χ4n) is 1.55. The average molecular weight is 384 g/mol. The van der Waals surface area contributed by atoms with E-state index in [1.54, 1.807) is 6.92 Å². The molecule has 1 aromatic rings. The Hall–Kier alpha value is -0.680. The van der Waals surface area contributed by atoms with Gasteiger partial charge < -0.3 is 14.2 Å².